The molecule has 0 bridgehead atoms. The van der Waals surface area contributed by atoms with Gasteiger partial charge in [-0.2, -0.15) is 0 Å². The van der Waals surface area contributed by atoms with Crippen molar-refractivity contribution in [1.82, 2.24) is 4.98 Å². The summed E-state index contributed by atoms with van der Waals surface area (Å²) in [5, 5.41) is 4.15. The molecule has 29 heavy (non-hydrogen) atoms. The molecule has 0 atom stereocenters. The summed E-state index contributed by atoms with van der Waals surface area (Å²) in [5.74, 6) is 0.556. The molecule has 0 amide bonds. The van der Waals surface area contributed by atoms with Crippen LogP contribution in [0.2, 0.25) is 0 Å². The number of anilines is 1. The molecular formula is C23H18F2N2OS. The number of thiazole rings is 1. The lowest BCUT2D eigenvalue weighted by Crippen LogP contribution is -1.98. The van der Waals surface area contributed by atoms with Crippen LogP contribution in [0.5, 0.6) is 11.5 Å². The van der Waals surface area contributed by atoms with E-state index in [1.165, 1.54) is 24.3 Å². The van der Waals surface area contributed by atoms with Crippen LogP contribution in [-0.2, 0) is 13.0 Å². The molecule has 0 unspecified atom stereocenters. The maximum atomic E-state index is 13.2. The van der Waals surface area contributed by atoms with Crippen molar-refractivity contribution in [3.05, 3.63) is 107 Å². The van der Waals surface area contributed by atoms with Crippen molar-refractivity contribution in [3.63, 3.8) is 0 Å². The molecule has 1 N–H and O–H groups in total. The Kier molecular flexibility index (Phi) is 5.81. The molecule has 3 aromatic carbocycles. The second-order valence-electron chi connectivity index (χ2n) is 6.49. The lowest BCUT2D eigenvalue weighted by atomic mass is 10.1. The van der Waals surface area contributed by atoms with Crippen LogP contribution in [0.15, 0.2) is 79.0 Å². The normalized spacial score (nSPS) is 10.7. The Bertz CT molecular complexity index is 1080. The topological polar surface area (TPSA) is 34.2 Å². The minimum Gasteiger partial charge on any atom is -0.457 e. The van der Waals surface area contributed by atoms with Gasteiger partial charge in [-0.3, -0.25) is 0 Å². The van der Waals surface area contributed by atoms with E-state index >= 15 is 0 Å². The zero-order chi connectivity index (χ0) is 20.1. The van der Waals surface area contributed by atoms with Crippen molar-refractivity contribution in [2.45, 2.75) is 13.0 Å². The number of nitrogens with one attached hydrogen (secondary N) is 1. The number of halogens is 2. The predicted octanol–water partition coefficient (Wildman–Crippen LogP) is 6.42. The fourth-order valence-electron chi connectivity index (χ4n) is 2.79. The average molecular weight is 408 g/mol. The van der Waals surface area contributed by atoms with E-state index in [1.807, 2.05) is 30.5 Å². The zero-order valence-corrected chi connectivity index (χ0v) is 16.3. The minimum atomic E-state index is -0.328. The number of hydrogen-bond donors (Lipinski definition) is 1. The van der Waals surface area contributed by atoms with Crippen LogP contribution in [0, 0.1) is 11.6 Å². The molecule has 0 saturated heterocycles. The highest BCUT2D eigenvalue weighted by atomic mass is 32.1. The number of aromatic nitrogens is 1. The average Bonchev–Trinajstić information content (AvgIpc) is 3.17. The van der Waals surface area contributed by atoms with Gasteiger partial charge in [-0.25, -0.2) is 13.8 Å². The third kappa shape index (κ3) is 5.39. The van der Waals surface area contributed by atoms with Gasteiger partial charge in [0, 0.05) is 30.1 Å². The number of ether oxygens (including phenoxy) is 1. The van der Waals surface area contributed by atoms with Gasteiger partial charge in [-0.15, -0.1) is 11.3 Å². The van der Waals surface area contributed by atoms with Crippen LogP contribution in [-0.4, -0.2) is 4.98 Å². The first kappa shape index (κ1) is 19.1. The Hall–Kier alpha value is -3.25. The van der Waals surface area contributed by atoms with E-state index in [0.717, 1.165) is 27.6 Å². The van der Waals surface area contributed by atoms with Crippen molar-refractivity contribution >= 4 is 16.5 Å². The fraction of sp³-hybridized carbons (Fsp3) is 0.0870. The first-order chi connectivity index (χ1) is 14.1. The van der Waals surface area contributed by atoms with Crippen molar-refractivity contribution < 1.29 is 13.5 Å². The Morgan fingerprint density at radius 2 is 1.59 bits per heavy atom. The Morgan fingerprint density at radius 3 is 2.34 bits per heavy atom. The first-order valence-electron chi connectivity index (χ1n) is 9.09. The van der Waals surface area contributed by atoms with Crippen molar-refractivity contribution in [1.29, 1.82) is 0 Å². The van der Waals surface area contributed by atoms with Gasteiger partial charge in [0.05, 0.1) is 0 Å². The van der Waals surface area contributed by atoms with Crippen LogP contribution in [0.1, 0.15) is 16.0 Å². The van der Waals surface area contributed by atoms with Crippen LogP contribution in [0.3, 0.4) is 0 Å². The lowest BCUT2D eigenvalue weighted by molar-refractivity contribution is 0.476. The van der Waals surface area contributed by atoms with Gasteiger partial charge in [-0.05, 0) is 47.5 Å². The maximum absolute atomic E-state index is 13.2. The lowest BCUT2D eigenvalue weighted by Gasteiger charge is -2.07. The highest BCUT2D eigenvalue weighted by molar-refractivity contribution is 7.15. The van der Waals surface area contributed by atoms with E-state index in [4.69, 9.17) is 4.74 Å². The summed E-state index contributed by atoms with van der Waals surface area (Å²) in [6.45, 7) is 0.629. The zero-order valence-electron chi connectivity index (χ0n) is 15.4. The second kappa shape index (κ2) is 8.84. The molecule has 4 aromatic rings. The highest BCUT2D eigenvalue weighted by Crippen LogP contribution is 2.24. The third-order valence-corrected chi connectivity index (χ3v) is 5.20. The molecule has 6 heteroatoms. The van der Waals surface area contributed by atoms with E-state index in [1.54, 1.807) is 35.6 Å². The Morgan fingerprint density at radius 1 is 0.828 bits per heavy atom. The summed E-state index contributed by atoms with van der Waals surface area (Å²) in [7, 11) is 0. The summed E-state index contributed by atoms with van der Waals surface area (Å²) in [6, 6.07) is 20.2. The van der Waals surface area contributed by atoms with Gasteiger partial charge in [0.2, 0.25) is 0 Å². The molecule has 0 aliphatic carbocycles. The SMILES string of the molecule is Fc1ccc(Cc2cnc(NCc3ccc(Oc4cccc(F)c4)cc3)s2)cc1. The van der Waals surface area contributed by atoms with E-state index in [2.05, 4.69) is 10.3 Å². The summed E-state index contributed by atoms with van der Waals surface area (Å²) >= 11 is 1.58. The second-order valence-corrected chi connectivity index (χ2v) is 7.61. The van der Waals surface area contributed by atoms with Gasteiger partial charge >= 0.3 is 0 Å². The van der Waals surface area contributed by atoms with Gasteiger partial charge in [-0.1, -0.05) is 30.3 Å². The van der Waals surface area contributed by atoms with Crippen molar-refractivity contribution in [2.75, 3.05) is 5.32 Å². The number of rotatable bonds is 7. The van der Waals surface area contributed by atoms with Crippen LogP contribution in [0.25, 0.3) is 0 Å². The van der Waals surface area contributed by atoms with Gasteiger partial charge in [0.15, 0.2) is 5.13 Å². The molecule has 0 radical (unpaired) electrons. The first-order valence-corrected chi connectivity index (χ1v) is 9.91. The van der Waals surface area contributed by atoms with Crippen molar-refractivity contribution in [3.8, 4) is 11.5 Å². The molecular weight excluding hydrogens is 390 g/mol. The molecule has 0 aliphatic rings. The van der Waals surface area contributed by atoms with E-state index in [9.17, 15) is 8.78 Å². The van der Waals surface area contributed by atoms with Crippen LogP contribution < -0.4 is 10.1 Å². The minimum absolute atomic E-state index is 0.229. The summed E-state index contributed by atoms with van der Waals surface area (Å²) < 4.78 is 31.9. The number of hydrogen-bond acceptors (Lipinski definition) is 4. The Labute approximate surface area is 171 Å². The molecule has 1 heterocycles. The molecule has 0 saturated carbocycles. The number of benzene rings is 3. The molecule has 0 aliphatic heterocycles. The van der Waals surface area contributed by atoms with E-state index in [0.29, 0.717) is 18.0 Å². The van der Waals surface area contributed by atoms with Gasteiger partial charge in [0.1, 0.15) is 23.1 Å². The molecule has 0 spiro atoms. The highest BCUT2D eigenvalue weighted by Gasteiger charge is 2.05. The predicted molar refractivity (Wildman–Crippen MR) is 112 cm³/mol. The van der Waals surface area contributed by atoms with Gasteiger partial charge < -0.3 is 10.1 Å². The molecule has 3 nitrogen and oxygen atoms in total. The van der Waals surface area contributed by atoms with Crippen LogP contribution in [0.4, 0.5) is 13.9 Å². The molecule has 146 valence electrons. The van der Waals surface area contributed by atoms with E-state index < -0.39 is 0 Å². The van der Waals surface area contributed by atoms with Crippen LogP contribution >= 0.6 is 11.3 Å². The smallest absolute Gasteiger partial charge is 0.183 e. The largest absolute Gasteiger partial charge is 0.457 e. The number of nitrogens with zero attached hydrogens (tertiary/aromatic N) is 1. The Balaban J connectivity index is 1.31. The van der Waals surface area contributed by atoms with Crippen molar-refractivity contribution in [2.24, 2.45) is 0 Å². The van der Waals surface area contributed by atoms with Gasteiger partial charge in [0.25, 0.3) is 0 Å². The fourth-order valence-corrected chi connectivity index (χ4v) is 3.64. The van der Waals surface area contributed by atoms with E-state index in [-0.39, 0.29) is 11.6 Å². The quantitative estimate of drug-likeness (QED) is 0.383. The molecule has 0 fully saturated rings. The maximum Gasteiger partial charge on any atom is 0.183 e. The standard InChI is InChI=1S/C23H18F2N2OS/c24-18-8-4-16(5-9-18)12-22-15-27-23(29-22)26-14-17-6-10-20(11-7-17)28-21-3-1-2-19(25)13-21/h1-11,13,15H,12,14H2,(H,26,27). The summed E-state index contributed by atoms with van der Waals surface area (Å²) in [4.78, 5) is 5.51. The molecule has 1 aromatic heterocycles. The molecule has 4 rings (SSSR count). The summed E-state index contributed by atoms with van der Waals surface area (Å²) in [5.41, 5.74) is 2.13. The third-order valence-electron chi connectivity index (χ3n) is 4.24. The monoisotopic (exact) mass is 408 g/mol. The summed E-state index contributed by atoms with van der Waals surface area (Å²) in [6.07, 6.45) is 2.57.